The van der Waals surface area contributed by atoms with E-state index in [-0.39, 0.29) is 5.91 Å². The molecule has 25 heavy (non-hydrogen) atoms. The molecule has 0 saturated carbocycles. The molecule has 2 aromatic rings. The smallest absolute Gasteiger partial charge is 0.234 e. The summed E-state index contributed by atoms with van der Waals surface area (Å²) in [6, 6.07) is 18.8. The summed E-state index contributed by atoms with van der Waals surface area (Å²) in [4.78, 5) is 14.4. The second-order valence-electron chi connectivity index (χ2n) is 6.61. The average Bonchev–Trinajstić information content (AvgIpc) is 2.65. The Balaban J connectivity index is 1.42. The third kappa shape index (κ3) is 5.04. The van der Waals surface area contributed by atoms with E-state index in [1.807, 2.05) is 12.1 Å². The predicted molar refractivity (Wildman–Crippen MR) is 103 cm³/mol. The molecule has 0 aliphatic carbocycles. The van der Waals surface area contributed by atoms with Crippen LogP contribution < -0.4 is 5.32 Å². The van der Waals surface area contributed by atoms with Crippen LogP contribution in [0.3, 0.4) is 0 Å². The van der Waals surface area contributed by atoms with Crippen LogP contribution >= 0.6 is 0 Å². The van der Waals surface area contributed by atoms with Crippen molar-refractivity contribution in [2.45, 2.75) is 19.8 Å². The second kappa shape index (κ2) is 8.63. The Hall–Kier alpha value is -2.39. The molecule has 3 heteroatoms. The first kappa shape index (κ1) is 17.4. The summed E-state index contributed by atoms with van der Waals surface area (Å²) in [5.41, 5.74) is 5.27. The van der Waals surface area contributed by atoms with E-state index >= 15 is 0 Å². The Morgan fingerprint density at radius 1 is 1.08 bits per heavy atom. The summed E-state index contributed by atoms with van der Waals surface area (Å²) in [6.07, 6.45) is 4.14. The van der Waals surface area contributed by atoms with Gasteiger partial charge in [0.25, 0.3) is 0 Å². The van der Waals surface area contributed by atoms with Crippen molar-refractivity contribution >= 4 is 11.5 Å². The van der Waals surface area contributed by atoms with E-state index in [0.717, 1.165) is 25.9 Å². The number of amides is 1. The van der Waals surface area contributed by atoms with Gasteiger partial charge >= 0.3 is 0 Å². The van der Waals surface area contributed by atoms with Crippen molar-refractivity contribution in [3.8, 4) is 0 Å². The highest BCUT2D eigenvalue weighted by Crippen LogP contribution is 2.21. The van der Waals surface area contributed by atoms with Crippen molar-refractivity contribution in [2.75, 3.05) is 26.2 Å². The van der Waals surface area contributed by atoms with Crippen LogP contribution in [-0.4, -0.2) is 37.0 Å². The molecule has 0 fully saturated rings. The maximum Gasteiger partial charge on any atom is 0.234 e. The minimum atomic E-state index is 0.116. The largest absolute Gasteiger partial charge is 0.355 e. The molecule has 0 unspecified atom stereocenters. The minimum Gasteiger partial charge on any atom is -0.355 e. The fourth-order valence-corrected chi connectivity index (χ4v) is 3.26. The van der Waals surface area contributed by atoms with Crippen LogP contribution in [0.15, 0.2) is 60.7 Å². The quantitative estimate of drug-likeness (QED) is 0.878. The van der Waals surface area contributed by atoms with E-state index < -0.39 is 0 Å². The lowest BCUT2D eigenvalue weighted by molar-refractivity contribution is -0.122. The number of hydrogen-bond donors (Lipinski definition) is 1. The van der Waals surface area contributed by atoms with Gasteiger partial charge in [0.15, 0.2) is 0 Å². The molecule has 0 atom stereocenters. The number of nitrogens with zero attached hydrogens (tertiary/aromatic N) is 1. The average molecular weight is 334 g/mol. The van der Waals surface area contributed by atoms with Gasteiger partial charge in [-0.3, -0.25) is 9.69 Å². The van der Waals surface area contributed by atoms with Gasteiger partial charge in [0.1, 0.15) is 0 Å². The summed E-state index contributed by atoms with van der Waals surface area (Å²) >= 11 is 0. The van der Waals surface area contributed by atoms with Crippen molar-refractivity contribution < 1.29 is 4.79 Å². The van der Waals surface area contributed by atoms with E-state index in [9.17, 15) is 4.79 Å². The Kier molecular flexibility index (Phi) is 6.02. The van der Waals surface area contributed by atoms with E-state index in [1.165, 1.54) is 22.3 Å². The normalized spacial score (nSPS) is 14.8. The first-order valence-corrected chi connectivity index (χ1v) is 9.00. The van der Waals surface area contributed by atoms with Crippen LogP contribution in [0.5, 0.6) is 0 Å². The van der Waals surface area contributed by atoms with Crippen molar-refractivity contribution in [1.82, 2.24) is 10.2 Å². The molecule has 3 nitrogen and oxygen atoms in total. The highest BCUT2D eigenvalue weighted by Gasteiger charge is 2.15. The van der Waals surface area contributed by atoms with E-state index in [0.29, 0.717) is 13.1 Å². The molecule has 130 valence electrons. The number of carbonyl (C=O) groups excluding carboxylic acids is 1. The monoisotopic (exact) mass is 334 g/mol. The van der Waals surface area contributed by atoms with Gasteiger partial charge in [-0.25, -0.2) is 0 Å². The summed E-state index contributed by atoms with van der Waals surface area (Å²) in [7, 11) is 0. The first-order valence-electron chi connectivity index (χ1n) is 9.00. The molecule has 0 aromatic heterocycles. The zero-order valence-electron chi connectivity index (χ0n) is 14.9. The summed E-state index contributed by atoms with van der Waals surface area (Å²) < 4.78 is 0. The molecule has 0 bridgehead atoms. The fourth-order valence-electron chi connectivity index (χ4n) is 3.26. The lowest BCUT2D eigenvalue weighted by atomic mass is 10.00. The van der Waals surface area contributed by atoms with Crippen LogP contribution in [0.2, 0.25) is 0 Å². The minimum absolute atomic E-state index is 0.116. The van der Waals surface area contributed by atoms with Crippen molar-refractivity contribution in [2.24, 2.45) is 0 Å². The maximum absolute atomic E-state index is 12.2. The third-order valence-electron chi connectivity index (χ3n) is 4.78. The Morgan fingerprint density at radius 2 is 1.84 bits per heavy atom. The van der Waals surface area contributed by atoms with Gasteiger partial charge in [-0.1, -0.05) is 60.7 Å². The number of hydrogen-bond acceptors (Lipinski definition) is 2. The molecule has 3 rings (SSSR count). The Morgan fingerprint density at radius 3 is 2.56 bits per heavy atom. The zero-order valence-corrected chi connectivity index (χ0v) is 14.9. The molecule has 1 aliphatic rings. The first-order chi connectivity index (χ1) is 12.2. The molecule has 1 heterocycles. The maximum atomic E-state index is 12.2. The van der Waals surface area contributed by atoms with Gasteiger partial charge in [-0.05, 0) is 42.0 Å². The number of rotatable bonds is 6. The lowest BCUT2D eigenvalue weighted by Gasteiger charge is -2.25. The zero-order chi connectivity index (χ0) is 17.5. The highest BCUT2D eigenvalue weighted by atomic mass is 16.2. The molecule has 1 N–H and O–H groups in total. The van der Waals surface area contributed by atoms with Crippen LogP contribution in [0.25, 0.3) is 5.57 Å². The molecule has 1 aliphatic heterocycles. The van der Waals surface area contributed by atoms with Crippen molar-refractivity contribution in [3.05, 3.63) is 77.4 Å². The highest BCUT2D eigenvalue weighted by molar-refractivity contribution is 5.78. The summed E-state index contributed by atoms with van der Waals surface area (Å²) in [6.45, 7) is 5.07. The molecule has 0 saturated heterocycles. The van der Waals surface area contributed by atoms with Gasteiger partial charge in [0, 0.05) is 19.6 Å². The second-order valence-corrected chi connectivity index (χ2v) is 6.61. The third-order valence-corrected chi connectivity index (χ3v) is 4.78. The topological polar surface area (TPSA) is 32.3 Å². The predicted octanol–water partition coefficient (Wildman–Crippen LogP) is 3.44. The van der Waals surface area contributed by atoms with Crippen LogP contribution in [-0.2, 0) is 11.2 Å². The summed E-state index contributed by atoms with van der Waals surface area (Å²) in [5, 5.41) is 3.05. The van der Waals surface area contributed by atoms with Gasteiger partial charge in [-0.15, -0.1) is 0 Å². The van der Waals surface area contributed by atoms with Gasteiger partial charge in [-0.2, -0.15) is 0 Å². The fraction of sp³-hybridized carbons (Fsp3) is 0.318. The molecule has 1 amide bonds. The molecular weight excluding hydrogens is 308 g/mol. The van der Waals surface area contributed by atoms with Crippen LogP contribution in [0.4, 0.5) is 0 Å². The van der Waals surface area contributed by atoms with Crippen molar-refractivity contribution in [3.63, 3.8) is 0 Å². The Bertz CT molecular complexity index is 737. The number of benzene rings is 2. The molecule has 2 aromatic carbocycles. The number of aryl methyl sites for hydroxylation is 1. The lowest BCUT2D eigenvalue weighted by Crippen LogP contribution is -2.39. The number of carbonyl (C=O) groups is 1. The van der Waals surface area contributed by atoms with Gasteiger partial charge < -0.3 is 5.32 Å². The van der Waals surface area contributed by atoms with E-state index in [4.69, 9.17) is 0 Å². The Labute approximate surface area is 150 Å². The van der Waals surface area contributed by atoms with Crippen molar-refractivity contribution in [1.29, 1.82) is 0 Å². The van der Waals surface area contributed by atoms with Crippen LogP contribution in [0, 0.1) is 6.92 Å². The molecular formula is C22H26N2O. The van der Waals surface area contributed by atoms with E-state index in [1.54, 1.807) is 0 Å². The number of nitrogens with one attached hydrogen (secondary N) is 1. The van der Waals surface area contributed by atoms with Gasteiger partial charge in [0.2, 0.25) is 5.91 Å². The standard InChI is InChI=1S/C22H26N2O/c1-18-7-5-6-8-19(18)11-14-23-22(25)17-24-15-12-21(13-16-24)20-9-3-2-4-10-20/h2-10,12H,11,13-17H2,1H3,(H,23,25). The summed E-state index contributed by atoms with van der Waals surface area (Å²) in [5.74, 6) is 0.116. The molecule has 0 radical (unpaired) electrons. The molecule has 0 spiro atoms. The van der Waals surface area contributed by atoms with Crippen LogP contribution in [0.1, 0.15) is 23.1 Å². The van der Waals surface area contributed by atoms with Gasteiger partial charge in [0.05, 0.1) is 6.54 Å². The van der Waals surface area contributed by atoms with E-state index in [2.05, 4.69) is 65.7 Å². The SMILES string of the molecule is Cc1ccccc1CCNC(=O)CN1CC=C(c2ccccc2)CC1.